The number of carbonyl (C=O) groups is 1. The highest BCUT2D eigenvalue weighted by Gasteiger charge is 2.24. The predicted molar refractivity (Wildman–Crippen MR) is 102 cm³/mol. The number of benzene rings is 1. The maximum Gasteiger partial charge on any atom is 0.322 e. The molecular weight excluding hydrogens is 396 g/mol. The zero-order valence-electron chi connectivity index (χ0n) is 14.5. The first-order valence-electron chi connectivity index (χ1n) is 7.71. The first kappa shape index (κ1) is 20.8. The topological polar surface area (TPSA) is 173 Å². The molecule has 0 bridgehead atoms. The summed E-state index contributed by atoms with van der Waals surface area (Å²) in [6, 6.07) is 3.00. The Morgan fingerprint density at radius 1 is 1.30 bits per heavy atom. The molecule has 1 aromatic heterocycles. The maximum absolute atomic E-state index is 12.5. The largest absolute Gasteiger partial charge is 0.480 e. The lowest BCUT2D eigenvalue weighted by atomic mass is 10.1. The van der Waals surface area contributed by atoms with Gasteiger partial charge in [0.2, 0.25) is 0 Å². The molecule has 0 radical (unpaired) electrons. The van der Waals surface area contributed by atoms with Crippen molar-refractivity contribution in [2.75, 3.05) is 0 Å². The van der Waals surface area contributed by atoms with Gasteiger partial charge < -0.3 is 16.6 Å². The fourth-order valence-corrected chi connectivity index (χ4v) is 3.40. The van der Waals surface area contributed by atoms with Crippen molar-refractivity contribution in [3.05, 3.63) is 29.4 Å². The molecule has 0 fully saturated rings. The van der Waals surface area contributed by atoms with Crippen molar-refractivity contribution < 1.29 is 18.3 Å². The predicted octanol–water partition coefficient (Wildman–Crippen LogP) is 0.685. The van der Waals surface area contributed by atoms with E-state index in [2.05, 4.69) is 20.2 Å². The number of carboxylic acids is 1. The normalized spacial score (nSPS) is 12.9. The number of nitrogens with one attached hydrogen (secondary N) is 2. The van der Waals surface area contributed by atoms with E-state index >= 15 is 0 Å². The van der Waals surface area contributed by atoms with E-state index in [1.807, 2.05) is 0 Å². The summed E-state index contributed by atoms with van der Waals surface area (Å²) in [6.45, 7) is 3.29. The van der Waals surface area contributed by atoms with Gasteiger partial charge in [-0.3, -0.25) is 4.79 Å². The zero-order valence-corrected chi connectivity index (χ0v) is 16.0. The van der Waals surface area contributed by atoms with E-state index in [0.29, 0.717) is 15.8 Å². The second-order valence-corrected chi connectivity index (χ2v) is 8.07. The molecule has 2 rings (SSSR count). The Labute approximate surface area is 160 Å². The first-order valence-corrected chi connectivity index (χ1v) is 9.57. The smallest absolute Gasteiger partial charge is 0.322 e. The molecule has 0 amide bonds. The van der Waals surface area contributed by atoms with Gasteiger partial charge in [0.05, 0.1) is 9.92 Å². The quantitative estimate of drug-likeness (QED) is 0.250. The number of aliphatic imine (C=N–C) groups is 1. The molecule has 1 atom stereocenters. The van der Waals surface area contributed by atoms with Crippen molar-refractivity contribution in [1.29, 1.82) is 0 Å². The molecule has 1 heterocycles. The van der Waals surface area contributed by atoms with Crippen LogP contribution in [0.2, 0.25) is 5.02 Å². The number of halogens is 1. The standard InChI is InChI=1S/C15H19ClN6O4S/c1-7(2)12(14(23)24)21-22-27(25,26)8-3-4-9-10(5-8)13(20-15(17)18)19-6-11(9)16/h3-7,12,21-22H,1-2H3,(H,23,24)(H4,17,18,19,20)/t12-/m0/s1. The Morgan fingerprint density at radius 3 is 2.52 bits per heavy atom. The zero-order chi connectivity index (χ0) is 20.4. The number of aliphatic carboxylic acids is 1. The van der Waals surface area contributed by atoms with Gasteiger partial charge in [0.15, 0.2) is 11.8 Å². The Kier molecular flexibility index (Phi) is 6.21. The molecule has 0 aliphatic carbocycles. The average molecular weight is 415 g/mol. The summed E-state index contributed by atoms with van der Waals surface area (Å²) in [5.74, 6) is -1.68. The molecular formula is C15H19ClN6O4S. The van der Waals surface area contributed by atoms with Crippen LogP contribution in [0.1, 0.15) is 13.8 Å². The molecule has 0 spiro atoms. The van der Waals surface area contributed by atoms with Crippen LogP contribution >= 0.6 is 11.6 Å². The van der Waals surface area contributed by atoms with Crippen LogP contribution in [0, 0.1) is 5.92 Å². The fourth-order valence-electron chi connectivity index (χ4n) is 2.27. The first-order chi connectivity index (χ1) is 12.5. The number of pyridine rings is 1. The highest BCUT2D eigenvalue weighted by atomic mass is 35.5. The summed E-state index contributed by atoms with van der Waals surface area (Å²) in [4.78, 5) is 21.0. The SMILES string of the molecule is CC(C)[C@H](NNS(=O)(=O)c1ccc2c(Cl)cnc(N=C(N)N)c2c1)C(=O)O. The van der Waals surface area contributed by atoms with Crippen molar-refractivity contribution in [3.8, 4) is 0 Å². The van der Waals surface area contributed by atoms with E-state index < -0.39 is 22.0 Å². The van der Waals surface area contributed by atoms with Crippen LogP contribution in [0.15, 0.2) is 34.3 Å². The van der Waals surface area contributed by atoms with Crippen LogP contribution in [0.4, 0.5) is 5.82 Å². The van der Waals surface area contributed by atoms with Crippen molar-refractivity contribution in [1.82, 2.24) is 15.2 Å². The van der Waals surface area contributed by atoms with Gasteiger partial charge in [-0.25, -0.2) is 18.8 Å². The molecule has 27 heavy (non-hydrogen) atoms. The van der Waals surface area contributed by atoms with E-state index in [-0.39, 0.29) is 22.6 Å². The molecule has 0 saturated carbocycles. The molecule has 12 heteroatoms. The third kappa shape index (κ3) is 4.83. The van der Waals surface area contributed by atoms with Gasteiger partial charge in [0.1, 0.15) is 6.04 Å². The number of guanidine groups is 1. The van der Waals surface area contributed by atoms with Crippen LogP contribution in [0.3, 0.4) is 0 Å². The molecule has 146 valence electrons. The number of carboxylic acid groups (broad SMARTS) is 1. The highest BCUT2D eigenvalue weighted by Crippen LogP contribution is 2.31. The molecule has 2 aromatic rings. The van der Waals surface area contributed by atoms with Gasteiger partial charge in [-0.05, 0) is 18.1 Å². The summed E-state index contributed by atoms with van der Waals surface area (Å²) in [5.41, 5.74) is 13.1. The van der Waals surface area contributed by atoms with Gasteiger partial charge in [0.25, 0.3) is 10.0 Å². The summed E-state index contributed by atoms with van der Waals surface area (Å²) in [6.07, 6.45) is 1.35. The van der Waals surface area contributed by atoms with Crippen molar-refractivity contribution in [3.63, 3.8) is 0 Å². The third-order valence-corrected chi connectivity index (χ3v) is 5.18. The minimum Gasteiger partial charge on any atom is -0.480 e. The van der Waals surface area contributed by atoms with Gasteiger partial charge in [-0.2, -0.15) is 4.99 Å². The number of sulfonamides is 1. The number of hydrazine groups is 1. The Bertz CT molecular complexity index is 1000. The molecule has 0 saturated heterocycles. The number of rotatable bonds is 7. The van der Waals surface area contributed by atoms with Gasteiger partial charge in [0, 0.05) is 17.0 Å². The Balaban J connectivity index is 2.45. The van der Waals surface area contributed by atoms with E-state index in [1.165, 1.54) is 24.4 Å². The number of hydrogen-bond donors (Lipinski definition) is 5. The van der Waals surface area contributed by atoms with Gasteiger partial charge in [-0.15, -0.1) is 4.83 Å². The highest BCUT2D eigenvalue weighted by molar-refractivity contribution is 7.89. The molecule has 7 N–H and O–H groups in total. The minimum absolute atomic E-state index is 0.102. The Morgan fingerprint density at radius 2 is 1.96 bits per heavy atom. The summed E-state index contributed by atoms with van der Waals surface area (Å²) in [5, 5.41) is 10.3. The molecule has 10 nitrogen and oxygen atoms in total. The summed E-state index contributed by atoms with van der Waals surface area (Å²) >= 11 is 6.09. The lowest BCUT2D eigenvalue weighted by Gasteiger charge is -2.18. The lowest BCUT2D eigenvalue weighted by Crippen LogP contribution is -2.50. The van der Waals surface area contributed by atoms with Crippen LogP contribution in [-0.2, 0) is 14.8 Å². The third-order valence-electron chi connectivity index (χ3n) is 3.62. The van der Waals surface area contributed by atoms with Crippen molar-refractivity contribution in [2.45, 2.75) is 24.8 Å². The van der Waals surface area contributed by atoms with E-state index in [1.54, 1.807) is 13.8 Å². The summed E-state index contributed by atoms with van der Waals surface area (Å²) in [7, 11) is -4.08. The molecule has 1 aromatic carbocycles. The van der Waals surface area contributed by atoms with Crippen LogP contribution in [-0.4, -0.2) is 36.5 Å². The van der Waals surface area contributed by atoms with Crippen LogP contribution in [0.25, 0.3) is 10.8 Å². The monoisotopic (exact) mass is 414 g/mol. The number of fused-ring (bicyclic) bond motifs is 1. The lowest BCUT2D eigenvalue weighted by molar-refractivity contribution is -0.140. The van der Waals surface area contributed by atoms with Crippen LogP contribution in [0.5, 0.6) is 0 Å². The van der Waals surface area contributed by atoms with Crippen LogP contribution < -0.4 is 21.7 Å². The fraction of sp³-hybridized carbons (Fsp3) is 0.267. The molecule has 0 aliphatic rings. The Hall–Kier alpha value is -2.47. The van der Waals surface area contributed by atoms with E-state index in [9.17, 15) is 13.2 Å². The molecule has 0 unspecified atom stereocenters. The number of nitrogens with zero attached hydrogens (tertiary/aromatic N) is 2. The number of hydrogen-bond acceptors (Lipinski definition) is 6. The maximum atomic E-state index is 12.5. The van der Waals surface area contributed by atoms with E-state index in [0.717, 1.165) is 0 Å². The van der Waals surface area contributed by atoms with Crippen molar-refractivity contribution >= 4 is 50.1 Å². The summed E-state index contributed by atoms with van der Waals surface area (Å²) < 4.78 is 25.1. The number of nitrogens with two attached hydrogens (primary N) is 2. The minimum atomic E-state index is -4.08. The second kappa shape index (κ2) is 8.05. The van der Waals surface area contributed by atoms with E-state index in [4.69, 9.17) is 28.2 Å². The van der Waals surface area contributed by atoms with Crippen molar-refractivity contribution in [2.24, 2.45) is 22.4 Å². The average Bonchev–Trinajstić information content (AvgIpc) is 2.56. The number of aromatic nitrogens is 1. The van der Waals surface area contributed by atoms with Gasteiger partial charge >= 0.3 is 5.97 Å². The van der Waals surface area contributed by atoms with Gasteiger partial charge in [-0.1, -0.05) is 31.5 Å². The second-order valence-electron chi connectivity index (χ2n) is 5.98. The molecule has 0 aliphatic heterocycles.